The Hall–Kier alpha value is -2.61. The standard InChI is InChI=1S/C19H27N3O5/c1-14-2-4-15(5-3-14)27-13-8-18(24)22-11-9-21(10-12-22)17(23)7-6-16(20)19(25)26/h2-5,16H,6-13,20H2,1H3,(H,25,26)/t16-/m0/s1. The maximum atomic E-state index is 12.3. The number of aryl methyl sites for hydroxylation is 1. The van der Waals surface area contributed by atoms with Gasteiger partial charge in [0.25, 0.3) is 0 Å². The SMILES string of the molecule is Cc1ccc(OCCC(=O)N2CCN(C(=O)CC[C@H](N)C(=O)O)CC2)cc1. The third kappa shape index (κ3) is 6.56. The van der Waals surface area contributed by atoms with Gasteiger partial charge in [-0.3, -0.25) is 14.4 Å². The minimum absolute atomic E-state index is 0.00195. The van der Waals surface area contributed by atoms with Gasteiger partial charge >= 0.3 is 5.97 Å². The number of nitrogens with two attached hydrogens (primary N) is 1. The van der Waals surface area contributed by atoms with Gasteiger partial charge in [-0.15, -0.1) is 0 Å². The fourth-order valence-corrected chi connectivity index (χ4v) is 2.81. The zero-order valence-electron chi connectivity index (χ0n) is 15.6. The zero-order valence-corrected chi connectivity index (χ0v) is 15.6. The minimum Gasteiger partial charge on any atom is -0.493 e. The van der Waals surface area contributed by atoms with E-state index in [1.165, 1.54) is 0 Å². The Morgan fingerprint density at radius 1 is 1.04 bits per heavy atom. The summed E-state index contributed by atoms with van der Waals surface area (Å²) in [5, 5.41) is 8.75. The van der Waals surface area contributed by atoms with Crippen molar-refractivity contribution in [1.82, 2.24) is 9.80 Å². The van der Waals surface area contributed by atoms with Crippen LogP contribution in [0.3, 0.4) is 0 Å². The molecule has 2 rings (SSSR count). The average Bonchev–Trinajstić information content (AvgIpc) is 2.67. The summed E-state index contributed by atoms with van der Waals surface area (Å²) in [5.41, 5.74) is 6.57. The lowest BCUT2D eigenvalue weighted by atomic mass is 10.1. The molecule has 8 nitrogen and oxygen atoms in total. The summed E-state index contributed by atoms with van der Waals surface area (Å²) in [6, 6.07) is 6.64. The maximum absolute atomic E-state index is 12.3. The molecule has 8 heteroatoms. The number of hydrogen-bond donors (Lipinski definition) is 2. The molecule has 27 heavy (non-hydrogen) atoms. The first kappa shape index (κ1) is 20.7. The van der Waals surface area contributed by atoms with E-state index in [2.05, 4.69) is 0 Å². The van der Waals surface area contributed by atoms with Gasteiger partial charge in [0.15, 0.2) is 0 Å². The topological polar surface area (TPSA) is 113 Å². The number of aliphatic carboxylic acids is 1. The molecule has 1 saturated heterocycles. The van der Waals surface area contributed by atoms with Crippen molar-refractivity contribution in [3.8, 4) is 5.75 Å². The van der Waals surface area contributed by atoms with Crippen LogP contribution < -0.4 is 10.5 Å². The van der Waals surface area contributed by atoms with Gasteiger partial charge in [0, 0.05) is 32.6 Å². The monoisotopic (exact) mass is 377 g/mol. The van der Waals surface area contributed by atoms with Gasteiger partial charge in [-0.1, -0.05) is 17.7 Å². The van der Waals surface area contributed by atoms with Crippen LogP contribution in [0, 0.1) is 6.92 Å². The van der Waals surface area contributed by atoms with E-state index >= 15 is 0 Å². The second-order valence-electron chi connectivity index (χ2n) is 6.66. The van der Waals surface area contributed by atoms with Crippen molar-refractivity contribution < 1.29 is 24.2 Å². The van der Waals surface area contributed by atoms with E-state index in [0.717, 1.165) is 11.3 Å². The molecule has 148 valence electrons. The predicted molar refractivity (Wildman–Crippen MR) is 99.3 cm³/mol. The minimum atomic E-state index is -1.11. The van der Waals surface area contributed by atoms with Gasteiger partial charge in [0.1, 0.15) is 11.8 Å². The average molecular weight is 377 g/mol. The highest BCUT2D eigenvalue weighted by Crippen LogP contribution is 2.12. The highest BCUT2D eigenvalue weighted by Gasteiger charge is 2.24. The second-order valence-corrected chi connectivity index (χ2v) is 6.66. The third-order valence-corrected chi connectivity index (χ3v) is 4.58. The van der Waals surface area contributed by atoms with Crippen LogP contribution in [0.4, 0.5) is 0 Å². The molecule has 0 bridgehead atoms. The first-order valence-corrected chi connectivity index (χ1v) is 9.10. The number of ether oxygens (including phenoxy) is 1. The Balaban J connectivity index is 1.66. The van der Waals surface area contributed by atoms with Crippen LogP contribution in [-0.2, 0) is 14.4 Å². The number of carbonyl (C=O) groups is 3. The molecular formula is C19H27N3O5. The van der Waals surface area contributed by atoms with E-state index in [1.54, 1.807) is 9.80 Å². The van der Waals surface area contributed by atoms with Crippen molar-refractivity contribution in [2.75, 3.05) is 32.8 Å². The lowest BCUT2D eigenvalue weighted by molar-refractivity contribution is -0.141. The Morgan fingerprint density at radius 3 is 2.07 bits per heavy atom. The molecule has 0 spiro atoms. The van der Waals surface area contributed by atoms with Crippen LogP contribution in [0.2, 0.25) is 0 Å². The Bertz CT molecular complexity index is 654. The summed E-state index contributed by atoms with van der Waals surface area (Å²) in [5.74, 6) is -0.488. The molecule has 0 radical (unpaired) electrons. The highest BCUT2D eigenvalue weighted by molar-refractivity contribution is 5.79. The van der Waals surface area contributed by atoms with E-state index in [4.69, 9.17) is 15.6 Å². The third-order valence-electron chi connectivity index (χ3n) is 4.58. The summed E-state index contributed by atoms with van der Waals surface area (Å²) in [6.07, 6.45) is 0.505. The number of benzene rings is 1. The lowest BCUT2D eigenvalue weighted by Gasteiger charge is -2.35. The number of rotatable bonds is 8. The Labute approximate surface area is 158 Å². The molecule has 1 aromatic rings. The summed E-state index contributed by atoms with van der Waals surface area (Å²) >= 11 is 0. The van der Waals surface area contributed by atoms with Gasteiger partial charge in [0.2, 0.25) is 11.8 Å². The number of nitrogens with zero attached hydrogens (tertiary/aromatic N) is 2. The molecular weight excluding hydrogens is 350 g/mol. The van der Waals surface area contributed by atoms with Gasteiger partial charge < -0.3 is 25.4 Å². The lowest BCUT2D eigenvalue weighted by Crippen LogP contribution is -2.51. The molecule has 1 fully saturated rings. The first-order chi connectivity index (χ1) is 12.9. The van der Waals surface area contributed by atoms with Crippen LogP contribution >= 0.6 is 0 Å². The van der Waals surface area contributed by atoms with Crippen LogP contribution in [0.5, 0.6) is 5.75 Å². The predicted octanol–water partition coefficient (Wildman–Crippen LogP) is 0.627. The van der Waals surface area contributed by atoms with E-state index in [1.807, 2.05) is 31.2 Å². The number of hydrogen-bond acceptors (Lipinski definition) is 5. The van der Waals surface area contributed by atoms with Gasteiger partial charge in [-0.05, 0) is 25.5 Å². The normalized spacial score (nSPS) is 15.3. The molecule has 1 aliphatic heterocycles. The van der Waals surface area contributed by atoms with Crippen LogP contribution in [0.1, 0.15) is 24.8 Å². The molecule has 0 aromatic heterocycles. The van der Waals surface area contributed by atoms with Crippen molar-refractivity contribution in [2.24, 2.45) is 5.73 Å². The van der Waals surface area contributed by atoms with Gasteiger partial charge in [-0.25, -0.2) is 0 Å². The molecule has 0 saturated carbocycles. The fraction of sp³-hybridized carbons (Fsp3) is 0.526. The van der Waals surface area contributed by atoms with Crippen molar-refractivity contribution >= 4 is 17.8 Å². The van der Waals surface area contributed by atoms with E-state index in [-0.39, 0.29) is 31.1 Å². The van der Waals surface area contributed by atoms with Crippen molar-refractivity contribution in [3.63, 3.8) is 0 Å². The number of carbonyl (C=O) groups excluding carboxylic acids is 2. The number of carboxylic acid groups (broad SMARTS) is 1. The largest absolute Gasteiger partial charge is 0.493 e. The van der Waals surface area contributed by atoms with Crippen molar-refractivity contribution in [2.45, 2.75) is 32.2 Å². The zero-order chi connectivity index (χ0) is 19.8. The smallest absolute Gasteiger partial charge is 0.320 e. The van der Waals surface area contributed by atoms with Crippen molar-refractivity contribution in [1.29, 1.82) is 0 Å². The van der Waals surface area contributed by atoms with Gasteiger partial charge in [-0.2, -0.15) is 0 Å². The number of piperazine rings is 1. The Kier molecular flexibility index (Phi) is 7.60. The second kappa shape index (κ2) is 9.91. The van der Waals surface area contributed by atoms with Crippen LogP contribution in [-0.4, -0.2) is 71.5 Å². The summed E-state index contributed by atoms with van der Waals surface area (Å²) < 4.78 is 5.58. The quantitative estimate of drug-likeness (QED) is 0.687. The van der Waals surface area contributed by atoms with E-state index in [9.17, 15) is 14.4 Å². The first-order valence-electron chi connectivity index (χ1n) is 9.10. The molecule has 2 amide bonds. The molecule has 1 aliphatic rings. The number of carboxylic acids is 1. The Morgan fingerprint density at radius 2 is 1.56 bits per heavy atom. The molecule has 0 unspecified atom stereocenters. The summed E-state index contributed by atoms with van der Waals surface area (Å²) in [6.45, 7) is 4.16. The molecule has 1 heterocycles. The summed E-state index contributed by atoms with van der Waals surface area (Å²) in [4.78, 5) is 38.5. The summed E-state index contributed by atoms with van der Waals surface area (Å²) in [7, 11) is 0. The van der Waals surface area contributed by atoms with Crippen molar-refractivity contribution in [3.05, 3.63) is 29.8 Å². The van der Waals surface area contributed by atoms with E-state index in [0.29, 0.717) is 32.8 Å². The van der Waals surface area contributed by atoms with Crippen LogP contribution in [0.25, 0.3) is 0 Å². The number of amides is 2. The molecule has 3 N–H and O–H groups in total. The molecule has 1 atom stereocenters. The fourth-order valence-electron chi connectivity index (χ4n) is 2.81. The maximum Gasteiger partial charge on any atom is 0.320 e. The molecule has 0 aliphatic carbocycles. The highest BCUT2D eigenvalue weighted by atomic mass is 16.5. The van der Waals surface area contributed by atoms with Gasteiger partial charge in [0.05, 0.1) is 13.0 Å². The van der Waals surface area contributed by atoms with Crippen LogP contribution in [0.15, 0.2) is 24.3 Å². The van der Waals surface area contributed by atoms with E-state index < -0.39 is 12.0 Å². The molecule has 1 aromatic carbocycles.